The van der Waals surface area contributed by atoms with Gasteiger partial charge in [0.15, 0.2) is 0 Å². The molecule has 3 rings (SSSR count). The molecule has 1 aromatic rings. The van der Waals surface area contributed by atoms with Crippen LogP contribution in [0.5, 0.6) is 0 Å². The molecule has 22 heavy (non-hydrogen) atoms. The molecule has 2 aliphatic rings. The number of hydrogen-bond donors (Lipinski definition) is 0. The van der Waals surface area contributed by atoms with Gasteiger partial charge in [-0.1, -0.05) is 30.3 Å². The Hall–Kier alpha value is -1.06. The van der Waals surface area contributed by atoms with Crippen molar-refractivity contribution in [3.8, 4) is 0 Å². The van der Waals surface area contributed by atoms with Crippen LogP contribution in [-0.4, -0.2) is 47.3 Å². The average Bonchev–Trinajstić information content (AvgIpc) is 3.39. The van der Waals surface area contributed by atoms with E-state index in [1.807, 2.05) is 19.9 Å². The second-order valence-corrected chi connectivity index (χ2v) is 7.44. The predicted octanol–water partition coefficient (Wildman–Crippen LogP) is 3.30. The Labute approximate surface area is 138 Å². The van der Waals surface area contributed by atoms with Crippen molar-refractivity contribution in [3.63, 3.8) is 0 Å². The monoisotopic (exact) mass is 320 g/mol. The average molecular weight is 321 g/mol. The molecular formula is C18H25ClN2O. The topological polar surface area (TPSA) is 23.6 Å². The summed E-state index contributed by atoms with van der Waals surface area (Å²) in [6.45, 7) is 6.61. The Bertz CT molecular complexity index is 527. The van der Waals surface area contributed by atoms with E-state index in [1.165, 1.54) is 18.4 Å². The highest BCUT2D eigenvalue weighted by molar-refractivity contribution is 6.19. The second-order valence-electron chi connectivity index (χ2n) is 7.17. The summed E-state index contributed by atoms with van der Waals surface area (Å²) >= 11 is 6.03. The summed E-state index contributed by atoms with van der Waals surface area (Å²) in [5.74, 6) is 0.530. The molecule has 0 radical (unpaired) electrons. The molecule has 3 nitrogen and oxygen atoms in total. The van der Waals surface area contributed by atoms with Crippen LogP contribution >= 0.6 is 11.6 Å². The quantitative estimate of drug-likeness (QED) is 0.795. The van der Waals surface area contributed by atoms with Crippen molar-refractivity contribution in [2.75, 3.05) is 25.5 Å². The minimum atomic E-state index is -0.504. The van der Waals surface area contributed by atoms with Crippen LogP contribution in [0.25, 0.3) is 0 Å². The molecule has 1 amide bonds. The minimum absolute atomic E-state index is 0.144. The number of benzene rings is 1. The van der Waals surface area contributed by atoms with Crippen LogP contribution in [0.3, 0.4) is 0 Å². The fourth-order valence-electron chi connectivity index (χ4n) is 3.22. The van der Waals surface area contributed by atoms with Gasteiger partial charge in [0.2, 0.25) is 5.91 Å². The molecule has 1 heterocycles. The lowest BCUT2D eigenvalue weighted by atomic mass is 9.91. The van der Waals surface area contributed by atoms with E-state index in [1.54, 1.807) is 0 Å². The van der Waals surface area contributed by atoms with Crippen molar-refractivity contribution in [2.24, 2.45) is 5.41 Å². The van der Waals surface area contributed by atoms with E-state index in [0.29, 0.717) is 5.88 Å². The second kappa shape index (κ2) is 6.21. The molecule has 1 unspecified atom stereocenters. The van der Waals surface area contributed by atoms with E-state index >= 15 is 0 Å². The lowest BCUT2D eigenvalue weighted by Crippen LogP contribution is -2.54. The first-order valence-corrected chi connectivity index (χ1v) is 8.72. The van der Waals surface area contributed by atoms with Gasteiger partial charge in [0.05, 0.1) is 11.5 Å². The van der Waals surface area contributed by atoms with Crippen molar-refractivity contribution >= 4 is 17.5 Å². The third kappa shape index (κ3) is 3.16. The minimum Gasteiger partial charge on any atom is -0.333 e. The van der Waals surface area contributed by atoms with E-state index < -0.39 is 5.41 Å². The van der Waals surface area contributed by atoms with Crippen molar-refractivity contribution in [2.45, 2.75) is 38.8 Å². The van der Waals surface area contributed by atoms with Gasteiger partial charge in [-0.05, 0) is 32.3 Å². The Morgan fingerprint density at radius 3 is 2.50 bits per heavy atom. The third-order valence-electron chi connectivity index (χ3n) is 4.83. The molecule has 0 spiro atoms. The number of piperazine rings is 1. The first-order chi connectivity index (χ1) is 10.5. The number of rotatable bonds is 4. The van der Waals surface area contributed by atoms with Crippen molar-refractivity contribution in [1.82, 2.24) is 9.80 Å². The molecular weight excluding hydrogens is 296 g/mol. The van der Waals surface area contributed by atoms with Gasteiger partial charge in [0, 0.05) is 31.6 Å². The molecule has 1 aliphatic heterocycles. The highest BCUT2D eigenvalue weighted by Gasteiger charge is 2.41. The molecule has 1 aliphatic carbocycles. The van der Waals surface area contributed by atoms with Crippen LogP contribution in [0, 0.1) is 5.41 Å². The van der Waals surface area contributed by atoms with Crippen LogP contribution in [0.15, 0.2) is 30.3 Å². The number of alkyl halides is 1. The van der Waals surface area contributed by atoms with Crippen molar-refractivity contribution in [3.05, 3.63) is 35.9 Å². The fraction of sp³-hybridized carbons (Fsp3) is 0.611. The predicted molar refractivity (Wildman–Crippen MR) is 90.0 cm³/mol. The zero-order valence-corrected chi connectivity index (χ0v) is 14.2. The molecule has 4 heteroatoms. The molecule has 1 aromatic carbocycles. The summed E-state index contributed by atoms with van der Waals surface area (Å²) in [6, 6.07) is 11.3. The van der Waals surface area contributed by atoms with Gasteiger partial charge < -0.3 is 4.90 Å². The standard InChI is InChI=1S/C18H25ClN2O/c1-18(2,13-19)17(22)21-11-10-20(15-8-9-15)12-16(21)14-6-4-3-5-7-14/h3-7,15-16H,8-13H2,1-2H3. The summed E-state index contributed by atoms with van der Waals surface area (Å²) < 4.78 is 0. The van der Waals surface area contributed by atoms with Gasteiger partial charge in [0.25, 0.3) is 0 Å². The largest absolute Gasteiger partial charge is 0.333 e. The van der Waals surface area contributed by atoms with E-state index in [-0.39, 0.29) is 11.9 Å². The zero-order valence-electron chi connectivity index (χ0n) is 13.5. The number of nitrogens with zero attached hydrogens (tertiary/aromatic N) is 2. The maximum absolute atomic E-state index is 12.9. The highest BCUT2D eigenvalue weighted by Crippen LogP contribution is 2.35. The first-order valence-electron chi connectivity index (χ1n) is 8.19. The Kier molecular flexibility index (Phi) is 4.47. The number of halogens is 1. The van der Waals surface area contributed by atoms with Gasteiger partial charge in [-0.15, -0.1) is 11.6 Å². The number of hydrogen-bond acceptors (Lipinski definition) is 2. The molecule has 1 saturated carbocycles. The number of carbonyl (C=O) groups is 1. The Morgan fingerprint density at radius 1 is 1.23 bits per heavy atom. The summed E-state index contributed by atoms with van der Waals surface area (Å²) in [6.07, 6.45) is 2.62. The first kappa shape index (κ1) is 15.8. The molecule has 0 bridgehead atoms. The van der Waals surface area contributed by atoms with Crippen LogP contribution < -0.4 is 0 Å². The summed E-state index contributed by atoms with van der Waals surface area (Å²) in [4.78, 5) is 17.6. The Morgan fingerprint density at radius 2 is 1.91 bits per heavy atom. The summed E-state index contributed by atoms with van der Waals surface area (Å²) in [7, 11) is 0. The fourth-order valence-corrected chi connectivity index (χ4v) is 3.34. The summed E-state index contributed by atoms with van der Waals surface area (Å²) in [5, 5.41) is 0. The van der Waals surface area contributed by atoms with E-state index in [9.17, 15) is 4.79 Å². The van der Waals surface area contributed by atoms with E-state index in [0.717, 1.165) is 25.7 Å². The third-order valence-corrected chi connectivity index (χ3v) is 5.50. The van der Waals surface area contributed by atoms with Gasteiger partial charge in [0.1, 0.15) is 0 Å². The highest BCUT2D eigenvalue weighted by atomic mass is 35.5. The lowest BCUT2D eigenvalue weighted by molar-refractivity contribution is -0.144. The summed E-state index contributed by atoms with van der Waals surface area (Å²) in [5.41, 5.74) is 0.725. The van der Waals surface area contributed by atoms with Crippen LogP contribution in [0.2, 0.25) is 0 Å². The normalized spacial score (nSPS) is 23.6. The number of carbonyl (C=O) groups excluding carboxylic acids is 1. The Balaban J connectivity index is 1.85. The number of amides is 1. The molecule has 1 saturated heterocycles. The van der Waals surface area contributed by atoms with Crippen LogP contribution in [-0.2, 0) is 4.79 Å². The smallest absolute Gasteiger partial charge is 0.230 e. The van der Waals surface area contributed by atoms with Gasteiger partial charge in [-0.3, -0.25) is 9.69 Å². The van der Waals surface area contributed by atoms with E-state index in [4.69, 9.17) is 11.6 Å². The van der Waals surface area contributed by atoms with Gasteiger partial charge >= 0.3 is 0 Å². The molecule has 120 valence electrons. The van der Waals surface area contributed by atoms with Crippen LogP contribution in [0.4, 0.5) is 0 Å². The van der Waals surface area contributed by atoms with Gasteiger partial charge in [-0.25, -0.2) is 0 Å². The lowest BCUT2D eigenvalue weighted by Gasteiger charge is -2.44. The maximum atomic E-state index is 12.9. The van der Waals surface area contributed by atoms with Gasteiger partial charge in [-0.2, -0.15) is 0 Å². The molecule has 0 N–H and O–H groups in total. The maximum Gasteiger partial charge on any atom is 0.230 e. The SMILES string of the molecule is CC(C)(CCl)C(=O)N1CCN(C2CC2)CC1c1ccccc1. The zero-order chi connectivity index (χ0) is 15.7. The van der Waals surface area contributed by atoms with Crippen LogP contribution in [0.1, 0.15) is 38.3 Å². The van der Waals surface area contributed by atoms with E-state index in [2.05, 4.69) is 34.1 Å². The molecule has 1 atom stereocenters. The molecule has 2 fully saturated rings. The van der Waals surface area contributed by atoms with Crippen molar-refractivity contribution in [1.29, 1.82) is 0 Å². The van der Waals surface area contributed by atoms with Crippen molar-refractivity contribution < 1.29 is 4.79 Å². The molecule has 0 aromatic heterocycles.